The van der Waals surface area contributed by atoms with E-state index in [1.807, 2.05) is 18.2 Å². The maximum absolute atomic E-state index is 5.15. The number of likely N-dealkylation sites (N-methyl/N-ethyl adjacent to an activating group) is 1. The van der Waals surface area contributed by atoms with E-state index in [-0.39, 0.29) is 0 Å². The Kier molecular flexibility index (Phi) is 6.47. The van der Waals surface area contributed by atoms with Gasteiger partial charge in [-0.2, -0.15) is 0 Å². The van der Waals surface area contributed by atoms with Gasteiger partial charge in [0, 0.05) is 25.7 Å². The van der Waals surface area contributed by atoms with Crippen LogP contribution in [0.1, 0.15) is 12.5 Å². The Morgan fingerprint density at radius 1 is 1.39 bits per heavy atom. The molecule has 0 amide bonds. The lowest BCUT2D eigenvalue weighted by Gasteiger charge is -2.25. The van der Waals surface area contributed by atoms with Crippen molar-refractivity contribution in [1.82, 2.24) is 10.2 Å². The van der Waals surface area contributed by atoms with E-state index in [0.717, 1.165) is 25.4 Å². The Hall–Kier alpha value is -1.32. The third kappa shape index (κ3) is 4.90. The summed E-state index contributed by atoms with van der Waals surface area (Å²) in [6.45, 7) is 8.70. The zero-order valence-corrected chi connectivity index (χ0v) is 11.6. The molecule has 1 rings (SSSR count). The second-order valence-corrected chi connectivity index (χ2v) is 4.56. The number of methoxy groups -OCH3 is 1. The second kappa shape index (κ2) is 7.90. The van der Waals surface area contributed by atoms with E-state index in [4.69, 9.17) is 4.74 Å². The fraction of sp³-hybridized carbons (Fsp3) is 0.467. The average Bonchev–Trinajstić information content (AvgIpc) is 2.39. The summed E-state index contributed by atoms with van der Waals surface area (Å²) < 4.78 is 5.15. The van der Waals surface area contributed by atoms with Crippen molar-refractivity contribution in [2.75, 3.05) is 27.2 Å². The zero-order chi connectivity index (χ0) is 13.4. The van der Waals surface area contributed by atoms with Gasteiger partial charge in [-0.25, -0.2) is 0 Å². The lowest BCUT2D eigenvalue weighted by atomic mass is 10.2. The van der Waals surface area contributed by atoms with Crippen molar-refractivity contribution in [2.45, 2.75) is 19.5 Å². The standard InChI is InChI=1S/C15H24N2O/c1-5-10-16-11-13(2)17(3)12-14-6-8-15(18-4)9-7-14/h5-9,13,16H,1,10-12H2,2-4H3. The summed E-state index contributed by atoms with van der Waals surface area (Å²) in [6.07, 6.45) is 1.89. The van der Waals surface area contributed by atoms with Crippen molar-refractivity contribution in [2.24, 2.45) is 0 Å². The smallest absolute Gasteiger partial charge is 0.118 e. The van der Waals surface area contributed by atoms with E-state index in [2.05, 4.69) is 42.9 Å². The van der Waals surface area contributed by atoms with Crippen molar-refractivity contribution in [1.29, 1.82) is 0 Å². The molecule has 0 aromatic heterocycles. The molecular formula is C15H24N2O. The number of rotatable bonds is 8. The third-order valence-corrected chi connectivity index (χ3v) is 3.07. The molecule has 18 heavy (non-hydrogen) atoms. The highest BCUT2D eigenvalue weighted by Crippen LogP contribution is 2.13. The SMILES string of the molecule is C=CCNCC(C)N(C)Cc1ccc(OC)cc1. The molecule has 0 fully saturated rings. The molecule has 0 heterocycles. The first kappa shape index (κ1) is 14.7. The number of hydrogen-bond donors (Lipinski definition) is 1. The molecule has 1 aromatic rings. The quantitative estimate of drug-likeness (QED) is 0.564. The second-order valence-electron chi connectivity index (χ2n) is 4.56. The van der Waals surface area contributed by atoms with Crippen molar-refractivity contribution in [3.8, 4) is 5.75 Å². The fourth-order valence-corrected chi connectivity index (χ4v) is 1.72. The molecule has 1 aromatic carbocycles. The molecule has 0 saturated heterocycles. The Morgan fingerprint density at radius 2 is 2.06 bits per heavy atom. The molecule has 0 aliphatic carbocycles. The molecule has 0 spiro atoms. The Bertz CT molecular complexity index is 348. The van der Waals surface area contributed by atoms with Gasteiger partial charge in [0.25, 0.3) is 0 Å². The molecule has 0 bridgehead atoms. The van der Waals surface area contributed by atoms with Gasteiger partial charge in [-0.15, -0.1) is 6.58 Å². The summed E-state index contributed by atoms with van der Waals surface area (Å²) in [4.78, 5) is 2.33. The van der Waals surface area contributed by atoms with E-state index in [1.54, 1.807) is 7.11 Å². The highest BCUT2D eigenvalue weighted by atomic mass is 16.5. The first-order valence-electron chi connectivity index (χ1n) is 6.32. The minimum Gasteiger partial charge on any atom is -0.497 e. The van der Waals surface area contributed by atoms with E-state index in [1.165, 1.54) is 5.56 Å². The Morgan fingerprint density at radius 3 is 2.61 bits per heavy atom. The molecule has 0 saturated carbocycles. The molecule has 100 valence electrons. The van der Waals surface area contributed by atoms with Crippen molar-refractivity contribution in [3.63, 3.8) is 0 Å². The van der Waals surface area contributed by atoms with Crippen LogP contribution in [0, 0.1) is 0 Å². The van der Waals surface area contributed by atoms with E-state index in [9.17, 15) is 0 Å². The van der Waals surface area contributed by atoms with Gasteiger partial charge in [0.15, 0.2) is 0 Å². The van der Waals surface area contributed by atoms with Crippen LogP contribution in [0.25, 0.3) is 0 Å². The number of ether oxygens (including phenoxy) is 1. The predicted octanol–water partition coefficient (Wildman–Crippen LogP) is 2.29. The van der Waals surface area contributed by atoms with E-state index in [0.29, 0.717) is 6.04 Å². The van der Waals surface area contributed by atoms with Crippen LogP contribution in [0.4, 0.5) is 0 Å². The maximum atomic E-state index is 5.15. The van der Waals surface area contributed by atoms with Crippen molar-refractivity contribution < 1.29 is 4.74 Å². The van der Waals surface area contributed by atoms with E-state index < -0.39 is 0 Å². The lowest BCUT2D eigenvalue weighted by Crippen LogP contribution is -2.37. The number of nitrogens with zero attached hydrogens (tertiary/aromatic N) is 1. The molecule has 3 nitrogen and oxygen atoms in total. The molecule has 0 radical (unpaired) electrons. The molecule has 1 unspecified atom stereocenters. The average molecular weight is 248 g/mol. The first-order valence-corrected chi connectivity index (χ1v) is 6.32. The van der Waals surface area contributed by atoms with Crippen molar-refractivity contribution >= 4 is 0 Å². The molecular weight excluding hydrogens is 224 g/mol. The normalized spacial score (nSPS) is 12.4. The molecule has 0 aliphatic rings. The molecule has 0 aliphatic heterocycles. The number of nitrogens with one attached hydrogen (secondary N) is 1. The topological polar surface area (TPSA) is 24.5 Å². The van der Waals surface area contributed by atoms with E-state index >= 15 is 0 Å². The monoisotopic (exact) mass is 248 g/mol. The van der Waals surface area contributed by atoms with Gasteiger partial charge in [-0.05, 0) is 31.7 Å². The Balaban J connectivity index is 2.41. The minimum absolute atomic E-state index is 0.493. The third-order valence-electron chi connectivity index (χ3n) is 3.07. The summed E-state index contributed by atoms with van der Waals surface area (Å²) >= 11 is 0. The van der Waals surface area contributed by atoms with Gasteiger partial charge in [-0.3, -0.25) is 4.90 Å². The van der Waals surface area contributed by atoms with Crippen LogP contribution in [0.5, 0.6) is 5.75 Å². The predicted molar refractivity (Wildman–Crippen MR) is 77.0 cm³/mol. The van der Waals surface area contributed by atoms with Gasteiger partial charge >= 0.3 is 0 Å². The van der Waals surface area contributed by atoms with Gasteiger partial charge in [0.05, 0.1) is 7.11 Å². The first-order chi connectivity index (χ1) is 8.67. The highest BCUT2D eigenvalue weighted by Gasteiger charge is 2.08. The maximum Gasteiger partial charge on any atom is 0.118 e. The number of hydrogen-bond acceptors (Lipinski definition) is 3. The number of benzene rings is 1. The minimum atomic E-state index is 0.493. The summed E-state index contributed by atoms with van der Waals surface area (Å²) in [5.74, 6) is 0.905. The van der Waals surface area contributed by atoms with Gasteiger partial charge in [0.1, 0.15) is 5.75 Å². The van der Waals surface area contributed by atoms with Gasteiger partial charge in [0.2, 0.25) is 0 Å². The van der Waals surface area contributed by atoms with Crippen LogP contribution in [-0.4, -0.2) is 38.2 Å². The van der Waals surface area contributed by atoms with Crippen LogP contribution in [0.3, 0.4) is 0 Å². The highest BCUT2D eigenvalue weighted by molar-refractivity contribution is 5.27. The largest absolute Gasteiger partial charge is 0.497 e. The van der Waals surface area contributed by atoms with Crippen LogP contribution >= 0.6 is 0 Å². The molecule has 1 N–H and O–H groups in total. The molecule has 1 atom stereocenters. The van der Waals surface area contributed by atoms with Crippen molar-refractivity contribution in [3.05, 3.63) is 42.5 Å². The Labute approximate surface area is 110 Å². The summed E-state index contributed by atoms with van der Waals surface area (Å²) in [7, 11) is 3.83. The van der Waals surface area contributed by atoms with Crippen LogP contribution < -0.4 is 10.1 Å². The molecule has 3 heteroatoms. The zero-order valence-electron chi connectivity index (χ0n) is 11.6. The fourth-order valence-electron chi connectivity index (χ4n) is 1.72. The van der Waals surface area contributed by atoms with Gasteiger partial charge < -0.3 is 10.1 Å². The summed E-state index contributed by atoms with van der Waals surface area (Å²) in [5, 5.41) is 3.34. The summed E-state index contributed by atoms with van der Waals surface area (Å²) in [5.41, 5.74) is 1.30. The van der Waals surface area contributed by atoms with Crippen LogP contribution in [-0.2, 0) is 6.54 Å². The van der Waals surface area contributed by atoms with Gasteiger partial charge in [-0.1, -0.05) is 18.2 Å². The lowest BCUT2D eigenvalue weighted by molar-refractivity contribution is 0.244. The van der Waals surface area contributed by atoms with Crippen LogP contribution in [0.15, 0.2) is 36.9 Å². The summed E-state index contributed by atoms with van der Waals surface area (Å²) in [6, 6.07) is 8.72. The van der Waals surface area contributed by atoms with Crippen LogP contribution in [0.2, 0.25) is 0 Å².